The molecule has 0 aliphatic carbocycles. The van der Waals surface area contributed by atoms with Crippen LogP contribution >= 0.6 is 11.3 Å². The number of nitrogens with zero attached hydrogens (tertiary/aromatic N) is 1. The van der Waals surface area contributed by atoms with Crippen molar-refractivity contribution in [2.75, 3.05) is 11.9 Å². The number of nitrogens with one attached hydrogen (secondary N) is 1. The fourth-order valence-electron chi connectivity index (χ4n) is 2.51. The van der Waals surface area contributed by atoms with E-state index in [0.717, 1.165) is 11.3 Å². The van der Waals surface area contributed by atoms with Gasteiger partial charge >= 0.3 is 18.2 Å². The van der Waals surface area contributed by atoms with Gasteiger partial charge < -0.3 is 18.9 Å². The maximum absolute atomic E-state index is 12.8. The van der Waals surface area contributed by atoms with Crippen LogP contribution in [0, 0.1) is 5.92 Å². The van der Waals surface area contributed by atoms with Crippen molar-refractivity contribution in [3.63, 3.8) is 0 Å². The molecule has 1 rings (SSSR count). The molecule has 2 atom stereocenters. The van der Waals surface area contributed by atoms with Gasteiger partial charge in [-0.3, -0.25) is 10.1 Å². The number of amides is 1. The quantitative estimate of drug-likeness (QED) is 0.443. The lowest BCUT2D eigenvalue weighted by molar-refractivity contribution is -0.149. The zero-order valence-electron chi connectivity index (χ0n) is 19.7. The SMILES string of the molecule is CCOC(=O)C(c1csc(NC(=O)OC(C)(C)C)n1)C(OC(=O)OC(C)(C)C)C(C)C. The molecule has 10 heteroatoms. The molecule has 1 aromatic heterocycles. The monoisotopic (exact) mass is 458 g/mol. The van der Waals surface area contributed by atoms with Gasteiger partial charge in [-0.25, -0.2) is 14.6 Å². The van der Waals surface area contributed by atoms with Crippen LogP contribution in [0.3, 0.4) is 0 Å². The second kappa shape index (κ2) is 10.8. The maximum atomic E-state index is 12.8. The number of esters is 1. The normalized spacial score (nSPS) is 13.9. The second-order valence-electron chi connectivity index (χ2n) is 9.23. The summed E-state index contributed by atoms with van der Waals surface area (Å²) in [5, 5.41) is 4.41. The van der Waals surface area contributed by atoms with E-state index in [1.54, 1.807) is 53.8 Å². The van der Waals surface area contributed by atoms with Gasteiger partial charge in [0.15, 0.2) is 5.13 Å². The van der Waals surface area contributed by atoms with Crippen molar-refractivity contribution in [1.29, 1.82) is 0 Å². The molecule has 9 nitrogen and oxygen atoms in total. The van der Waals surface area contributed by atoms with Crippen LogP contribution in [0.1, 0.15) is 73.9 Å². The Hall–Kier alpha value is -2.36. The van der Waals surface area contributed by atoms with E-state index in [2.05, 4.69) is 10.3 Å². The molecule has 0 saturated carbocycles. The smallest absolute Gasteiger partial charge is 0.465 e. The highest BCUT2D eigenvalue weighted by atomic mass is 32.1. The van der Waals surface area contributed by atoms with Crippen molar-refractivity contribution >= 4 is 34.7 Å². The molecule has 1 N–H and O–H groups in total. The van der Waals surface area contributed by atoms with Gasteiger partial charge in [-0.2, -0.15) is 0 Å². The Labute approximate surface area is 187 Å². The van der Waals surface area contributed by atoms with E-state index in [-0.39, 0.29) is 17.7 Å². The van der Waals surface area contributed by atoms with Gasteiger partial charge in [0.05, 0.1) is 12.3 Å². The summed E-state index contributed by atoms with van der Waals surface area (Å²) in [6, 6.07) is 0. The Morgan fingerprint density at radius 2 is 1.65 bits per heavy atom. The van der Waals surface area contributed by atoms with Gasteiger partial charge in [0.25, 0.3) is 0 Å². The highest BCUT2D eigenvalue weighted by Crippen LogP contribution is 2.32. The Kier molecular flexibility index (Phi) is 9.28. The van der Waals surface area contributed by atoms with Gasteiger partial charge in [0.2, 0.25) is 0 Å². The van der Waals surface area contributed by atoms with Gasteiger partial charge in [0.1, 0.15) is 23.2 Å². The first kappa shape index (κ1) is 26.7. The van der Waals surface area contributed by atoms with Crippen LogP contribution in [0.25, 0.3) is 0 Å². The number of ether oxygens (including phenoxy) is 4. The lowest BCUT2D eigenvalue weighted by Crippen LogP contribution is -2.37. The Morgan fingerprint density at radius 3 is 2.13 bits per heavy atom. The number of hydrogen-bond acceptors (Lipinski definition) is 9. The first-order valence-electron chi connectivity index (χ1n) is 10.1. The molecule has 0 aliphatic heterocycles. The second-order valence-corrected chi connectivity index (χ2v) is 10.1. The molecule has 0 aromatic carbocycles. The summed E-state index contributed by atoms with van der Waals surface area (Å²) in [6.45, 7) is 15.9. The molecule has 2 unspecified atom stereocenters. The molecule has 176 valence electrons. The largest absolute Gasteiger partial charge is 0.509 e. The van der Waals surface area contributed by atoms with Crippen molar-refractivity contribution in [3.8, 4) is 0 Å². The van der Waals surface area contributed by atoms with E-state index in [1.807, 2.05) is 13.8 Å². The third kappa shape index (κ3) is 9.54. The molecular formula is C21H34N2O7S. The van der Waals surface area contributed by atoms with Crippen molar-refractivity contribution in [1.82, 2.24) is 4.98 Å². The molecule has 1 amide bonds. The average molecular weight is 459 g/mol. The summed E-state index contributed by atoms with van der Waals surface area (Å²) in [7, 11) is 0. The summed E-state index contributed by atoms with van der Waals surface area (Å²) in [5.74, 6) is -1.82. The molecule has 31 heavy (non-hydrogen) atoms. The van der Waals surface area contributed by atoms with E-state index in [9.17, 15) is 14.4 Å². The van der Waals surface area contributed by atoms with Crippen molar-refractivity contribution in [2.24, 2.45) is 5.92 Å². The van der Waals surface area contributed by atoms with Crippen LogP contribution in [0.15, 0.2) is 5.38 Å². The van der Waals surface area contributed by atoms with Crippen molar-refractivity contribution in [2.45, 2.75) is 85.5 Å². The lowest BCUT2D eigenvalue weighted by Gasteiger charge is -2.28. The first-order valence-corrected chi connectivity index (χ1v) is 11.0. The highest BCUT2D eigenvalue weighted by Gasteiger charge is 2.39. The predicted molar refractivity (Wildman–Crippen MR) is 117 cm³/mol. The molecule has 0 fully saturated rings. The maximum Gasteiger partial charge on any atom is 0.509 e. The number of aromatic nitrogens is 1. The van der Waals surface area contributed by atoms with Crippen LogP contribution in [-0.4, -0.2) is 47.1 Å². The standard InChI is InChI=1S/C21H34N2O7S/c1-10-27-16(24)14(15(12(2)3)28-19(26)30-21(7,8)9)13-11-31-17(22-13)23-18(25)29-20(4,5)6/h11-12,14-15H,10H2,1-9H3,(H,22,23,25). The third-order valence-corrected chi connectivity index (χ3v) is 4.37. The van der Waals surface area contributed by atoms with Crippen LogP contribution in [0.2, 0.25) is 0 Å². The van der Waals surface area contributed by atoms with E-state index in [4.69, 9.17) is 18.9 Å². The lowest BCUT2D eigenvalue weighted by atomic mass is 9.91. The van der Waals surface area contributed by atoms with E-state index >= 15 is 0 Å². The Morgan fingerprint density at radius 1 is 1.06 bits per heavy atom. The first-order chi connectivity index (χ1) is 14.1. The van der Waals surface area contributed by atoms with Crippen LogP contribution < -0.4 is 5.32 Å². The van der Waals surface area contributed by atoms with Crippen molar-refractivity contribution in [3.05, 3.63) is 11.1 Å². The topological polar surface area (TPSA) is 113 Å². The zero-order chi connectivity index (χ0) is 24.0. The molecule has 0 bridgehead atoms. The minimum Gasteiger partial charge on any atom is -0.465 e. The summed E-state index contributed by atoms with van der Waals surface area (Å²) < 4.78 is 21.2. The highest BCUT2D eigenvalue weighted by molar-refractivity contribution is 7.13. The fraction of sp³-hybridized carbons (Fsp3) is 0.714. The number of rotatable bonds is 7. The van der Waals surface area contributed by atoms with Gasteiger partial charge in [-0.1, -0.05) is 13.8 Å². The van der Waals surface area contributed by atoms with E-state index in [1.165, 1.54) is 0 Å². The summed E-state index contributed by atoms with van der Waals surface area (Å²) in [4.78, 5) is 41.4. The minimum absolute atomic E-state index is 0.153. The van der Waals surface area contributed by atoms with Gasteiger partial charge in [0, 0.05) is 5.38 Å². The van der Waals surface area contributed by atoms with Gasteiger partial charge in [-0.15, -0.1) is 11.3 Å². The zero-order valence-corrected chi connectivity index (χ0v) is 20.5. The molecule has 0 aliphatic rings. The van der Waals surface area contributed by atoms with Crippen LogP contribution in [-0.2, 0) is 23.7 Å². The number of hydrogen-bond donors (Lipinski definition) is 1. The van der Waals surface area contributed by atoms with Gasteiger partial charge in [-0.05, 0) is 54.4 Å². The molecule has 1 heterocycles. The average Bonchev–Trinajstić information content (AvgIpc) is 2.98. The third-order valence-electron chi connectivity index (χ3n) is 3.60. The number of carbonyl (C=O) groups is 3. The summed E-state index contributed by atoms with van der Waals surface area (Å²) >= 11 is 1.12. The molecule has 0 radical (unpaired) electrons. The van der Waals surface area contributed by atoms with Crippen LogP contribution in [0.4, 0.5) is 14.7 Å². The molecule has 1 aromatic rings. The predicted octanol–water partition coefficient (Wildman–Crippen LogP) is 5.11. The van der Waals surface area contributed by atoms with E-state index < -0.39 is 41.4 Å². The van der Waals surface area contributed by atoms with Crippen molar-refractivity contribution < 1.29 is 33.3 Å². The number of anilines is 1. The summed E-state index contributed by atoms with van der Waals surface area (Å²) in [6.07, 6.45) is -2.43. The Bertz CT molecular complexity index is 763. The molecule has 0 spiro atoms. The minimum atomic E-state index is -0.988. The number of thiazole rings is 1. The van der Waals surface area contributed by atoms with E-state index in [0.29, 0.717) is 5.69 Å². The molecule has 0 saturated heterocycles. The summed E-state index contributed by atoms with van der Waals surface area (Å²) in [5.41, 5.74) is -1.10. The Balaban J connectivity index is 3.14. The number of carbonyl (C=O) groups excluding carboxylic acids is 3. The van der Waals surface area contributed by atoms with Crippen LogP contribution in [0.5, 0.6) is 0 Å². The molecular weight excluding hydrogens is 424 g/mol. The fourth-order valence-corrected chi connectivity index (χ4v) is 3.24.